The van der Waals surface area contributed by atoms with Crippen LogP contribution in [0.1, 0.15) is 35.8 Å². The van der Waals surface area contributed by atoms with Gasteiger partial charge in [-0.2, -0.15) is 0 Å². The molecule has 0 saturated carbocycles. The maximum Gasteiger partial charge on any atom is 0.322 e. The van der Waals surface area contributed by atoms with Gasteiger partial charge in [0, 0.05) is 0 Å². The number of methoxy groups -OCH3 is 2. The zero-order valence-corrected chi connectivity index (χ0v) is 20.7. The Kier molecular flexibility index (Phi) is 7.62. The maximum absolute atomic E-state index is 14.2. The second-order valence-electron chi connectivity index (χ2n) is 8.43. The van der Waals surface area contributed by atoms with Gasteiger partial charge in [-0.15, -0.1) is 0 Å². The normalized spacial score (nSPS) is 13.5. The van der Waals surface area contributed by atoms with E-state index in [1.54, 1.807) is 36.6 Å². The van der Waals surface area contributed by atoms with Crippen molar-refractivity contribution in [2.45, 2.75) is 19.9 Å². The lowest BCUT2D eigenvalue weighted by atomic mass is 10.00. The average molecular weight is 507 g/mol. The molecule has 0 radical (unpaired) electrons. The predicted molar refractivity (Wildman–Crippen MR) is 138 cm³/mol. The molecule has 1 heterocycles. The number of ether oxygens (including phenoxy) is 2. The topological polar surface area (TPSA) is 110 Å². The van der Waals surface area contributed by atoms with Crippen LogP contribution < -0.4 is 20.1 Å². The van der Waals surface area contributed by atoms with Gasteiger partial charge < -0.3 is 29.6 Å². The summed E-state index contributed by atoms with van der Waals surface area (Å²) in [5, 5.41) is 14.7. The van der Waals surface area contributed by atoms with Crippen LogP contribution in [0.15, 0.2) is 58.7 Å². The van der Waals surface area contributed by atoms with Gasteiger partial charge in [0.05, 0.1) is 33.4 Å². The van der Waals surface area contributed by atoms with E-state index in [2.05, 4.69) is 10.6 Å². The maximum atomic E-state index is 14.2. The van der Waals surface area contributed by atoms with E-state index < -0.39 is 11.8 Å². The third-order valence-corrected chi connectivity index (χ3v) is 6.09. The van der Waals surface area contributed by atoms with E-state index in [0.717, 1.165) is 27.8 Å². The van der Waals surface area contributed by atoms with Crippen LogP contribution >= 0.6 is 0 Å². The van der Waals surface area contributed by atoms with Crippen LogP contribution in [0, 0.1) is 5.82 Å². The number of aliphatic carboxylic acids is 1. The summed E-state index contributed by atoms with van der Waals surface area (Å²) in [6.45, 7) is 1.86. The Morgan fingerprint density at radius 1 is 1.08 bits per heavy atom. The van der Waals surface area contributed by atoms with Gasteiger partial charge in [-0.25, -0.2) is 4.39 Å². The quantitative estimate of drug-likeness (QED) is 0.356. The van der Waals surface area contributed by atoms with Gasteiger partial charge in [-0.05, 0) is 82.8 Å². The number of nitrogens with one attached hydrogen (secondary N) is 2. The van der Waals surface area contributed by atoms with Crippen LogP contribution in [0.2, 0.25) is 0 Å². The number of fused-ring (bicyclic) bond motifs is 1. The number of carbonyl (C=O) groups excluding carboxylic acids is 1. The van der Waals surface area contributed by atoms with Crippen molar-refractivity contribution in [3.8, 4) is 11.5 Å². The standard InChI is InChI=1S/C28H27FN2O6/c1-16-21(9-17-10-24(35-2)28(25(11-17)36-3)31-15-27(33)34)20-7-6-18(29)12-23(20)22(16)13-26(32)30-14-19-5-4-8-37-19/h4-12,31H,13-15H2,1-3H3,(H,30,32)(H,33,34)/b21-9-. The number of benzene rings is 2. The minimum atomic E-state index is -1.02. The van der Waals surface area contributed by atoms with E-state index in [9.17, 15) is 14.0 Å². The number of furan rings is 1. The molecule has 3 aromatic rings. The Labute approximate surface area is 213 Å². The number of carboxylic acid groups (broad SMARTS) is 1. The first-order chi connectivity index (χ1) is 17.8. The first kappa shape index (κ1) is 25.6. The smallest absolute Gasteiger partial charge is 0.322 e. The van der Waals surface area contributed by atoms with Gasteiger partial charge in [0.2, 0.25) is 5.91 Å². The largest absolute Gasteiger partial charge is 0.494 e. The van der Waals surface area contributed by atoms with Crippen molar-refractivity contribution < 1.29 is 33.0 Å². The molecule has 9 heteroatoms. The summed E-state index contributed by atoms with van der Waals surface area (Å²) in [6, 6.07) is 11.6. The number of halogens is 1. The molecule has 192 valence electrons. The summed E-state index contributed by atoms with van der Waals surface area (Å²) >= 11 is 0. The van der Waals surface area contributed by atoms with Gasteiger partial charge >= 0.3 is 5.97 Å². The summed E-state index contributed by atoms with van der Waals surface area (Å²) in [6.07, 6.45) is 3.52. The molecule has 0 aliphatic heterocycles. The number of rotatable bonds is 10. The van der Waals surface area contributed by atoms with Crippen molar-refractivity contribution in [1.29, 1.82) is 0 Å². The molecule has 0 atom stereocenters. The van der Waals surface area contributed by atoms with Crippen molar-refractivity contribution in [2.24, 2.45) is 0 Å². The van der Waals surface area contributed by atoms with E-state index in [1.165, 1.54) is 26.4 Å². The van der Waals surface area contributed by atoms with Gasteiger partial charge in [0.1, 0.15) is 35.3 Å². The molecule has 0 saturated heterocycles. The SMILES string of the molecule is COc1cc(/C=C2/C(C)=C(CC(=O)NCc3ccco3)c3cc(F)ccc32)cc(OC)c1NCC(=O)O. The Hall–Kier alpha value is -4.53. The molecule has 0 bridgehead atoms. The number of anilines is 1. The van der Waals surface area contributed by atoms with Crippen LogP contribution in [0.3, 0.4) is 0 Å². The summed E-state index contributed by atoms with van der Waals surface area (Å²) in [4.78, 5) is 23.8. The lowest BCUT2D eigenvalue weighted by molar-refractivity contribution is -0.135. The van der Waals surface area contributed by atoms with Crippen LogP contribution in [0.4, 0.5) is 10.1 Å². The van der Waals surface area contributed by atoms with Gasteiger partial charge in [-0.3, -0.25) is 9.59 Å². The monoisotopic (exact) mass is 506 g/mol. The molecule has 0 fully saturated rings. The van der Waals surface area contributed by atoms with Crippen molar-refractivity contribution in [3.63, 3.8) is 0 Å². The Morgan fingerprint density at radius 3 is 2.43 bits per heavy atom. The number of hydrogen-bond donors (Lipinski definition) is 3. The summed E-state index contributed by atoms with van der Waals surface area (Å²) < 4.78 is 30.4. The van der Waals surface area contributed by atoms with Crippen molar-refractivity contribution >= 4 is 34.8 Å². The molecule has 1 aliphatic rings. The zero-order valence-electron chi connectivity index (χ0n) is 20.7. The zero-order chi connectivity index (χ0) is 26.5. The van der Waals surface area contributed by atoms with Crippen molar-refractivity contribution in [3.05, 3.63) is 82.6 Å². The molecule has 8 nitrogen and oxygen atoms in total. The second kappa shape index (κ2) is 11.0. The predicted octanol–water partition coefficient (Wildman–Crippen LogP) is 4.97. The van der Waals surface area contributed by atoms with Crippen LogP contribution in [0.5, 0.6) is 11.5 Å². The molecule has 1 aromatic heterocycles. The Balaban J connectivity index is 1.69. The average Bonchev–Trinajstić information content (AvgIpc) is 3.48. The second-order valence-corrected chi connectivity index (χ2v) is 8.43. The van der Waals surface area contributed by atoms with Gasteiger partial charge in [0.15, 0.2) is 0 Å². The fraction of sp³-hybridized carbons (Fsp3) is 0.214. The highest BCUT2D eigenvalue weighted by Crippen LogP contribution is 2.45. The molecule has 37 heavy (non-hydrogen) atoms. The van der Waals surface area contributed by atoms with Crippen molar-refractivity contribution in [2.75, 3.05) is 26.1 Å². The lowest BCUT2D eigenvalue weighted by Crippen LogP contribution is -2.22. The number of carbonyl (C=O) groups is 2. The highest BCUT2D eigenvalue weighted by Gasteiger charge is 2.26. The highest BCUT2D eigenvalue weighted by molar-refractivity contribution is 6.08. The molecule has 1 aliphatic carbocycles. The van der Waals surface area contributed by atoms with E-state index in [-0.39, 0.29) is 25.4 Å². The minimum absolute atomic E-state index is 0.0744. The first-order valence-corrected chi connectivity index (χ1v) is 11.5. The van der Waals surface area contributed by atoms with Gasteiger partial charge in [-0.1, -0.05) is 6.07 Å². The Morgan fingerprint density at radius 2 is 1.81 bits per heavy atom. The Bertz CT molecular complexity index is 1370. The molecule has 3 N–H and O–H groups in total. The van der Waals surface area contributed by atoms with E-state index >= 15 is 0 Å². The fourth-order valence-corrected chi connectivity index (χ4v) is 4.32. The number of allylic oxidation sites excluding steroid dienone is 2. The number of hydrogen-bond acceptors (Lipinski definition) is 6. The fourth-order valence-electron chi connectivity index (χ4n) is 4.32. The number of carboxylic acids is 1. The summed E-state index contributed by atoms with van der Waals surface area (Å²) in [5.41, 5.74) is 5.02. The number of amides is 1. The lowest BCUT2D eigenvalue weighted by Gasteiger charge is -2.15. The molecule has 0 unspecified atom stereocenters. The van der Waals surface area contributed by atoms with Crippen LogP contribution in [-0.4, -0.2) is 37.7 Å². The van der Waals surface area contributed by atoms with Gasteiger partial charge in [0.25, 0.3) is 0 Å². The van der Waals surface area contributed by atoms with Crippen molar-refractivity contribution in [1.82, 2.24) is 5.32 Å². The highest BCUT2D eigenvalue weighted by atomic mass is 19.1. The van der Waals surface area contributed by atoms with E-state index in [0.29, 0.717) is 28.5 Å². The van der Waals surface area contributed by atoms with E-state index in [1.807, 2.05) is 13.0 Å². The first-order valence-electron chi connectivity index (χ1n) is 11.5. The molecule has 2 aromatic carbocycles. The minimum Gasteiger partial charge on any atom is -0.494 e. The molecule has 4 rings (SSSR count). The van der Waals surface area contributed by atoms with E-state index in [4.69, 9.17) is 19.0 Å². The van der Waals surface area contributed by atoms with Crippen LogP contribution in [-0.2, 0) is 16.1 Å². The summed E-state index contributed by atoms with van der Waals surface area (Å²) in [7, 11) is 2.96. The van der Waals surface area contributed by atoms with Crippen LogP contribution in [0.25, 0.3) is 17.2 Å². The summed E-state index contributed by atoms with van der Waals surface area (Å²) in [5.74, 6) is -0.168. The molecular weight excluding hydrogens is 479 g/mol. The third-order valence-electron chi connectivity index (χ3n) is 6.09. The molecule has 1 amide bonds. The molecular formula is C28H27FN2O6. The third kappa shape index (κ3) is 5.66. The molecule has 0 spiro atoms.